The van der Waals surface area contributed by atoms with E-state index in [-0.39, 0.29) is 11.8 Å². The van der Waals surface area contributed by atoms with E-state index < -0.39 is 0 Å². The normalized spacial score (nSPS) is 22.7. The van der Waals surface area contributed by atoms with Crippen LogP contribution in [-0.4, -0.2) is 42.3 Å². The van der Waals surface area contributed by atoms with Crippen molar-refractivity contribution in [1.29, 1.82) is 0 Å². The van der Waals surface area contributed by atoms with Crippen molar-refractivity contribution in [1.82, 2.24) is 15.5 Å². The molecule has 1 aromatic rings. The molecule has 1 aliphatic heterocycles. The minimum absolute atomic E-state index is 0.0471. The summed E-state index contributed by atoms with van der Waals surface area (Å²) in [4.78, 5) is 14.8. The third-order valence-corrected chi connectivity index (χ3v) is 5.15. The third-order valence-electron chi connectivity index (χ3n) is 5.15. The molecule has 1 atom stereocenters. The predicted molar refractivity (Wildman–Crippen MR) is 93.2 cm³/mol. The highest BCUT2D eigenvalue weighted by molar-refractivity contribution is 5.79. The first-order valence-corrected chi connectivity index (χ1v) is 9.19. The van der Waals surface area contributed by atoms with E-state index in [1.807, 2.05) is 12.1 Å². The Labute approximate surface area is 144 Å². The standard InChI is InChI=1S/C18H28N4O2/c1-24-17-11-10-16(20-21-17)22-12-6-7-14(13-22)18(23)19-15-8-4-2-3-5-9-15/h10-11,14-15H,2-9,12-13H2,1H3,(H,19,23)/t14-/m0/s1. The minimum atomic E-state index is 0.0471. The number of piperidine rings is 1. The molecule has 3 rings (SSSR count). The molecule has 132 valence electrons. The maximum atomic E-state index is 12.7. The van der Waals surface area contributed by atoms with Gasteiger partial charge in [0.25, 0.3) is 0 Å². The molecule has 0 aromatic carbocycles. The van der Waals surface area contributed by atoms with Gasteiger partial charge >= 0.3 is 0 Å². The van der Waals surface area contributed by atoms with Crippen LogP contribution in [0.2, 0.25) is 0 Å². The summed E-state index contributed by atoms with van der Waals surface area (Å²) in [6.45, 7) is 1.65. The fraction of sp³-hybridized carbons (Fsp3) is 0.722. The van der Waals surface area contributed by atoms with E-state index >= 15 is 0 Å². The summed E-state index contributed by atoms with van der Waals surface area (Å²) in [5.41, 5.74) is 0. The number of aromatic nitrogens is 2. The summed E-state index contributed by atoms with van der Waals surface area (Å²) in [7, 11) is 1.58. The smallest absolute Gasteiger partial charge is 0.233 e. The average Bonchev–Trinajstić information content (AvgIpc) is 2.90. The Kier molecular flexibility index (Phi) is 5.88. The molecule has 0 bridgehead atoms. The molecule has 1 aliphatic carbocycles. The molecule has 2 aliphatic rings. The monoisotopic (exact) mass is 332 g/mol. The molecule has 0 radical (unpaired) electrons. The largest absolute Gasteiger partial charge is 0.480 e. The number of nitrogens with one attached hydrogen (secondary N) is 1. The van der Waals surface area contributed by atoms with Crippen molar-refractivity contribution in [2.45, 2.75) is 57.4 Å². The Morgan fingerprint density at radius 3 is 2.58 bits per heavy atom. The van der Waals surface area contributed by atoms with Crippen LogP contribution in [0.25, 0.3) is 0 Å². The van der Waals surface area contributed by atoms with Crippen LogP contribution in [0.15, 0.2) is 12.1 Å². The van der Waals surface area contributed by atoms with E-state index in [9.17, 15) is 4.79 Å². The maximum Gasteiger partial charge on any atom is 0.233 e. The van der Waals surface area contributed by atoms with Crippen molar-refractivity contribution >= 4 is 11.7 Å². The van der Waals surface area contributed by atoms with Gasteiger partial charge in [-0.2, -0.15) is 0 Å². The first kappa shape index (κ1) is 17.0. The molecule has 0 spiro atoms. The minimum Gasteiger partial charge on any atom is -0.480 e. The Morgan fingerprint density at radius 1 is 1.12 bits per heavy atom. The zero-order valence-corrected chi connectivity index (χ0v) is 14.5. The molecule has 2 heterocycles. The van der Waals surface area contributed by atoms with E-state index in [1.165, 1.54) is 25.7 Å². The molecule has 6 heteroatoms. The van der Waals surface area contributed by atoms with Gasteiger partial charge in [-0.1, -0.05) is 25.7 Å². The molecule has 1 N–H and O–H groups in total. The molecule has 1 saturated heterocycles. The van der Waals surface area contributed by atoms with E-state index in [2.05, 4.69) is 20.4 Å². The number of nitrogens with zero attached hydrogens (tertiary/aromatic N) is 3. The number of hydrogen-bond acceptors (Lipinski definition) is 5. The number of ether oxygens (including phenoxy) is 1. The first-order valence-electron chi connectivity index (χ1n) is 9.19. The average molecular weight is 332 g/mol. The summed E-state index contributed by atoms with van der Waals surface area (Å²) >= 11 is 0. The fourth-order valence-corrected chi connectivity index (χ4v) is 3.73. The van der Waals surface area contributed by atoms with Crippen LogP contribution in [-0.2, 0) is 4.79 Å². The molecular weight excluding hydrogens is 304 g/mol. The Balaban J connectivity index is 1.56. The lowest BCUT2D eigenvalue weighted by Gasteiger charge is -2.33. The van der Waals surface area contributed by atoms with Gasteiger partial charge in [0, 0.05) is 25.2 Å². The molecule has 2 fully saturated rings. The van der Waals surface area contributed by atoms with Crippen LogP contribution in [0.3, 0.4) is 0 Å². The first-order chi connectivity index (χ1) is 11.8. The van der Waals surface area contributed by atoms with Crippen LogP contribution in [0.4, 0.5) is 5.82 Å². The highest BCUT2D eigenvalue weighted by Crippen LogP contribution is 2.23. The fourth-order valence-electron chi connectivity index (χ4n) is 3.73. The van der Waals surface area contributed by atoms with Gasteiger partial charge in [0.2, 0.25) is 11.8 Å². The number of rotatable bonds is 4. The summed E-state index contributed by atoms with van der Waals surface area (Å²) in [5, 5.41) is 11.5. The number of carbonyl (C=O) groups is 1. The van der Waals surface area contributed by atoms with Gasteiger partial charge in [-0.05, 0) is 31.7 Å². The van der Waals surface area contributed by atoms with Crippen LogP contribution in [0, 0.1) is 5.92 Å². The van der Waals surface area contributed by atoms with Gasteiger partial charge < -0.3 is 15.0 Å². The summed E-state index contributed by atoms with van der Waals surface area (Å²) in [6, 6.07) is 4.10. The van der Waals surface area contributed by atoms with Crippen LogP contribution in [0.1, 0.15) is 51.4 Å². The van der Waals surface area contributed by atoms with Crippen molar-refractivity contribution in [2.24, 2.45) is 5.92 Å². The van der Waals surface area contributed by atoms with Crippen molar-refractivity contribution in [3.63, 3.8) is 0 Å². The number of hydrogen-bond donors (Lipinski definition) is 1. The highest BCUT2D eigenvalue weighted by Gasteiger charge is 2.28. The van der Waals surface area contributed by atoms with Crippen LogP contribution >= 0.6 is 0 Å². The van der Waals surface area contributed by atoms with Crippen molar-refractivity contribution in [2.75, 3.05) is 25.1 Å². The van der Waals surface area contributed by atoms with Crippen molar-refractivity contribution < 1.29 is 9.53 Å². The summed E-state index contributed by atoms with van der Waals surface area (Å²) in [6.07, 6.45) is 9.32. The van der Waals surface area contributed by atoms with E-state index in [0.29, 0.717) is 11.9 Å². The SMILES string of the molecule is COc1ccc(N2CCC[C@H](C(=O)NC3CCCCCC3)C2)nn1. The lowest BCUT2D eigenvalue weighted by Crippen LogP contribution is -2.46. The zero-order valence-electron chi connectivity index (χ0n) is 14.5. The van der Waals surface area contributed by atoms with Gasteiger partial charge in [0.15, 0.2) is 5.82 Å². The van der Waals surface area contributed by atoms with E-state index in [1.54, 1.807) is 7.11 Å². The predicted octanol–water partition coefficient (Wildman–Crippen LogP) is 2.54. The Bertz CT molecular complexity index is 526. The molecular formula is C18H28N4O2. The van der Waals surface area contributed by atoms with Crippen molar-refractivity contribution in [3.8, 4) is 5.88 Å². The van der Waals surface area contributed by atoms with Gasteiger partial charge in [-0.15, -0.1) is 10.2 Å². The zero-order chi connectivity index (χ0) is 16.8. The number of carbonyl (C=O) groups excluding carboxylic acids is 1. The van der Waals surface area contributed by atoms with Gasteiger partial charge in [-0.3, -0.25) is 4.79 Å². The summed E-state index contributed by atoms with van der Waals surface area (Å²) < 4.78 is 5.05. The van der Waals surface area contributed by atoms with Gasteiger partial charge in [0.05, 0.1) is 13.0 Å². The lowest BCUT2D eigenvalue weighted by atomic mass is 9.96. The number of anilines is 1. The summed E-state index contributed by atoms with van der Waals surface area (Å²) in [5.74, 6) is 1.60. The maximum absolute atomic E-state index is 12.7. The van der Waals surface area contributed by atoms with Crippen molar-refractivity contribution in [3.05, 3.63) is 12.1 Å². The van der Waals surface area contributed by atoms with Crippen LogP contribution < -0.4 is 15.0 Å². The molecule has 24 heavy (non-hydrogen) atoms. The van der Waals surface area contributed by atoms with Crippen LogP contribution in [0.5, 0.6) is 5.88 Å². The Hall–Kier alpha value is -1.85. The Morgan fingerprint density at radius 2 is 1.92 bits per heavy atom. The third kappa shape index (κ3) is 4.36. The quantitative estimate of drug-likeness (QED) is 0.858. The van der Waals surface area contributed by atoms with Gasteiger partial charge in [0.1, 0.15) is 0 Å². The second kappa shape index (κ2) is 8.31. The topological polar surface area (TPSA) is 67.3 Å². The second-order valence-corrected chi connectivity index (χ2v) is 6.92. The second-order valence-electron chi connectivity index (χ2n) is 6.92. The lowest BCUT2D eigenvalue weighted by molar-refractivity contribution is -0.126. The van der Waals surface area contributed by atoms with E-state index in [0.717, 1.165) is 44.6 Å². The molecule has 6 nitrogen and oxygen atoms in total. The number of amides is 1. The molecule has 1 saturated carbocycles. The van der Waals surface area contributed by atoms with E-state index in [4.69, 9.17) is 4.74 Å². The number of methoxy groups -OCH3 is 1. The highest BCUT2D eigenvalue weighted by atomic mass is 16.5. The molecule has 1 aromatic heterocycles. The van der Waals surface area contributed by atoms with Gasteiger partial charge in [-0.25, -0.2) is 0 Å². The molecule has 0 unspecified atom stereocenters. The molecule has 1 amide bonds.